The van der Waals surface area contributed by atoms with Crippen molar-refractivity contribution in [3.8, 4) is 22.4 Å². The number of imidazole rings is 1. The lowest BCUT2D eigenvalue weighted by Crippen LogP contribution is -2.30. The zero-order chi connectivity index (χ0) is 24.4. The van der Waals surface area contributed by atoms with E-state index < -0.39 is 0 Å². The lowest BCUT2D eigenvalue weighted by atomic mass is 10.1. The van der Waals surface area contributed by atoms with Crippen molar-refractivity contribution in [3.63, 3.8) is 0 Å². The van der Waals surface area contributed by atoms with Gasteiger partial charge in [-0.15, -0.1) is 0 Å². The molecule has 4 aromatic rings. The van der Waals surface area contributed by atoms with E-state index in [0.717, 1.165) is 18.4 Å². The molecule has 3 N–H and O–H groups in total. The monoisotopic (exact) mass is 483 g/mol. The largest absolute Gasteiger partial charge is 0.382 e. The van der Waals surface area contributed by atoms with Crippen LogP contribution < -0.4 is 11.1 Å². The van der Waals surface area contributed by atoms with Crippen molar-refractivity contribution in [2.45, 2.75) is 18.9 Å². The molecule has 0 bridgehead atoms. The third kappa shape index (κ3) is 4.29. The Morgan fingerprint density at radius 2 is 1.94 bits per heavy atom. The molecule has 174 valence electrons. The number of aromatic nitrogens is 4. The number of anilines is 2. The van der Waals surface area contributed by atoms with E-state index in [0.29, 0.717) is 40.8 Å². The van der Waals surface area contributed by atoms with Crippen LogP contribution in [0.1, 0.15) is 35.1 Å². The van der Waals surface area contributed by atoms with Gasteiger partial charge in [-0.2, -0.15) is 0 Å². The number of thiol groups is 1. The van der Waals surface area contributed by atoms with Crippen LogP contribution in [0.2, 0.25) is 0 Å². The number of hydrogen-bond donors (Lipinski definition) is 3. The average Bonchev–Trinajstić information content (AvgIpc) is 3.51. The minimum atomic E-state index is -0.286. The number of carbonyl (C=O) groups is 2. The zero-order valence-electron chi connectivity index (χ0n) is 18.5. The SMILES string of the molecule is Nc1nccn2c([C@@H]3CCCN3C(=O)C#CS)nc(-c3ccc(C(=O)Nc4ccccn4)cc3)c12. The van der Waals surface area contributed by atoms with E-state index in [9.17, 15) is 9.59 Å². The number of nitrogen functional groups attached to an aromatic ring is 1. The van der Waals surface area contributed by atoms with Crippen LogP contribution in [0.15, 0.2) is 61.1 Å². The summed E-state index contributed by atoms with van der Waals surface area (Å²) in [7, 11) is 0. The van der Waals surface area contributed by atoms with Gasteiger partial charge in [0.05, 0.1) is 6.04 Å². The summed E-state index contributed by atoms with van der Waals surface area (Å²) in [6, 6.07) is 12.1. The highest BCUT2D eigenvalue weighted by molar-refractivity contribution is 7.85. The molecular weight excluding hydrogens is 462 g/mol. The first-order valence-electron chi connectivity index (χ1n) is 11.0. The molecule has 1 atom stereocenters. The van der Waals surface area contributed by atoms with E-state index in [1.54, 1.807) is 53.8 Å². The summed E-state index contributed by atoms with van der Waals surface area (Å²) in [5, 5.41) is 5.15. The van der Waals surface area contributed by atoms with Crippen LogP contribution in [-0.2, 0) is 4.79 Å². The predicted molar refractivity (Wildman–Crippen MR) is 135 cm³/mol. The number of nitrogens with one attached hydrogen (secondary N) is 1. The minimum Gasteiger partial charge on any atom is -0.382 e. The molecule has 1 fully saturated rings. The number of fused-ring (bicyclic) bond motifs is 1. The molecule has 1 aromatic carbocycles. The van der Waals surface area contributed by atoms with Crippen molar-refractivity contribution in [1.29, 1.82) is 0 Å². The number of hydrogen-bond acceptors (Lipinski definition) is 7. The Hall–Kier alpha value is -4.36. The van der Waals surface area contributed by atoms with E-state index in [-0.39, 0.29) is 17.9 Å². The van der Waals surface area contributed by atoms with Crippen molar-refractivity contribution < 1.29 is 9.59 Å². The van der Waals surface area contributed by atoms with E-state index in [1.807, 2.05) is 16.5 Å². The molecule has 0 radical (unpaired) electrons. The normalized spacial score (nSPS) is 15.0. The van der Waals surface area contributed by atoms with Gasteiger partial charge >= 0.3 is 0 Å². The average molecular weight is 484 g/mol. The van der Waals surface area contributed by atoms with E-state index >= 15 is 0 Å². The molecule has 1 aliphatic rings. The zero-order valence-corrected chi connectivity index (χ0v) is 19.4. The number of nitrogens with two attached hydrogens (primary N) is 1. The molecule has 1 aliphatic heterocycles. The molecule has 0 unspecified atom stereocenters. The van der Waals surface area contributed by atoms with Crippen LogP contribution >= 0.6 is 12.6 Å². The molecule has 0 saturated carbocycles. The number of carbonyl (C=O) groups excluding carboxylic acids is 2. The van der Waals surface area contributed by atoms with Crippen molar-refractivity contribution in [2.75, 3.05) is 17.6 Å². The standard InChI is InChI=1S/C25H21N7O2S/c26-23-22-21(16-6-8-17(9-7-16)25(34)29-19-5-1-2-11-27-19)30-24(32(22)14-12-28-23)18-4-3-13-31(18)20(33)10-15-35/h1-2,5-9,11-12,14,18,35H,3-4,13H2,(H2,26,28)(H,27,29,34)/t18-/m0/s1. The second-order valence-corrected chi connectivity index (χ2v) is 8.21. The van der Waals surface area contributed by atoms with Gasteiger partial charge in [0.15, 0.2) is 0 Å². The summed E-state index contributed by atoms with van der Waals surface area (Å²) in [5.74, 6) is 3.44. The van der Waals surface area contributed by atoms with Gasteiger partial charge in [0.1, 0.15) is 28.7 Å². The number of rotatable bonds is 4. The molecule has 1 saturated heterocycles. The first kappa shape index (κ1) is 22.4. The van der Waals surface area contributed by atoms with Crippen LogP contribution in [0.3, 0.4) is 0 Å². The Kier molecular flexibility index (Phi) is 6.08. The lowest BCUT2D eigenvalue weighted by molar-refractivity contribution is -0.126. The van der Waals surface area contributed by atoms with E-state index in [2.05, 4.69) is 39.1 Å². The van der Waals surface area contributed by atoms with E-state index in [4.69, 9.17) is 10.7 Å². The van der Waals surface area contributed by atoms with Crippen molar-refractivity contribution in [2.24, 2.45) is 0 Å². The summed E-state index contributed by atoms with van der Waals surface area (Å²) in [6.07, 6.45) is 6.61. The van der Waals surface area contributed by atoms with Crippen LogP contribution in [0.4, 0.5) is 11.6 Å². The van der Waals surface area contributed by atoms with Gasteiger partial charge in [-0.25, -0.2) is 15.0 Å². The van der Waals surface area contributed by atoms with Crippen LogP contribution in [0.5, 0.6) is 0 Å². The van der Waals surface area contributed by atoms with Gasteiger partial charge < -0.3 is 16.0 Å². The third-order valence-electron chi connectivity index (χ3n) is 5.91. The Balaban J connectivity index is 1.51. The van der Waals surface area contributed by atoms with Gasteiger partial charge in [0.25, 0.3) is 11.8 Å². The van der Waals surface area contributed by atoms with Crippen LogP contribution in [0.25, 0.3) is 16.8 Å². The lowest BCUT2D eigenvalue weighted by Gasteiger charge is -2.21. The summed E-state index contributed by atoms with van der Waals surface area (Å²) >= 11 is 3.86. The van der Waals surface area contributed by atoms with E-state index in [1.165, 1.54) is 0 Å². The van der Waals surface area contributed by atoms with Gasteiger partial charge in [-0.1, -0.05) is 30.8 Å². The molecule has 9 nitrogen and oxygen atoms in total. The topological polar surface area (TPSA) is 119 Å². The van der Waals surface area contributed by atoms with Gasteiger partial charge in [-0.05, 0) is 42.4 Å². The molecule has 0 aliphatic carbocycles. The van der Waals surface area contributed by atoms with Gasteiger partial charge in [0, 0.05) is 42.2 Å². The fraction of sp³-hybridized carbons (Fsp3) is 0.160. The van der Waals surface area contributed by atoms with Crippen LogP contribution in [0, 0.1) is 11.2 Å². The van der Waals surface area contributed by atoms with Crippen molar-refractivity contribution in [3.05, 3.63) is 72.4 Å². The van der Waals surface area contributed by atoms with Crippen molar-refractivity contribution in [1.82, 2.24) is 24.3 Å². The number of likely N-dealkylation sites (tertiary alicyclic amines) is 1. The quantitative estimate of drug-likeness (QED) is 0.303. The molecule has 2 amide bonds. The number of nitrogens with zero attached hydrogens (tertiary/aromatic N) is 5. The summed E-state index contributed by atoms with van der Waals surface area (Å²) in [6.45, 7) is 0.594. The number of pyridine rings is 1. The summed E-state index contributed by atoms with van der Waals surface area (Å²) < 4.78 is 1.88. The maximum absolute atomic E-state index is 12.6. The Morgan fingerprint density at radius 1 is 1.11 bits per heavy atom. The Labute approximate surface area is 206 Å². The molecule has 10 heteroatoms. The van der Waals surface area contributed by atoms with Gasteiger partial charge in [0.2, 0.25) is 0 Å². The summed E-state index contributed by atoms with van der Waals surface area (Å²) in [4.78, 5) is 40.1. The minimum absolute atomic E-state index is 0.247. The molecular formula is C25H21N7O2S. The molecule has 4 heterocycles. The second kappa shape index (κ2) is 9.48. The maximum atomic E-state index is 12.6. The predicted octanol–water partition coefficient (Wildman–Crippen LogP) is 3.18. The fourth-order valence-corrected chi connectivity index (χ4v) is 4.42. The highest BCUT2D eigenvalue weighted by Crippen LogP contribution is 2.36. The molecule has 0 spiro atoms. The third-order valence-corrected chi connectivity index (χ3v) is 6.02. The molecule has 35 heavy (non-hydrogen) atoms. The highest BCUT2D eigenvalue weighted by Gasteiger charge is 2.33. The first-order valence-corrected chi connectivity index (χ1v) is 11.4. The fourth-order valence-electron chi connectivity index (χ4n) is 4.33. The van der Waals surface area contributed by atoms with Crippen molar-refractivity contribution >= 4 is 41.6 Å². The number of amides is 2. The molecule has 3 aromatic heterocycles. The Morgan fingerprint density at radius 3 is 2.69 bits per heavy atom. The molecule has 5 rings (SSSR count). The second-order valence-electron chi connectivity index (χ2n) is 7.99. The van der Waals surface area contributed by atoms with Gasteiger partial charge in [-0.3, -0.25) is 14.0 Å². The highest BCUT2D eigenvalue weighted by atomic mass is 32.1. The first-order chi connectivity index (χ1) is 17.1. The maximum Gasteiger partial charge on any atom is 0.299 e. The number of benzene rings is 1. The Bertz CT molecular complexity index is 1470. The van der Waals surface area contributed by atoms with Crippen LogP contribution in [-0.4, -0.2) is 42.6 Å². The summed E-state index contributed by atoms with van der Waals surface area (Å²) in [5.41, 5.74) is 8.78. The smallest absolute Gasteiger partial charge is 0.299 e.